The van der Waals surface area contributed by atoms with E-state index in [0.717, 1.165) is 11.3 Å². The van der Waals surface area contributed by atoms with E-state index in [0.29, 0.717) is 22.7 Å². The lowest BCUT2D eigenvalue weighted by atomic mass is 9.89. The van der Waals surface area contributed by atoms with Crippen molar-refractivity contribution in [2.45, 2.75) is 31.9 Å². The summed E-state index contributed by atoms with van der Waals surface area (Å²) in [6, 6.07) is 6.86. The third kappa shape index (κ3) is 4.69. The fraction of sp³-hybridized carbons (Fsp3) is 0.294. The van der Waals surface area contributed by atoms with Crippen molar-refractivity contribution in [3.8, 4) is 5.75 Å². The zero-order valence-corrected chi connectivity index (χ0v) is 16.2. The van der Waals surface area contributed by atoms with Gasteiger partial charge in [-0.1, -0.05) is 11.6 Å². The van der Waals surface area contributed by atoms with Crippen molar-refractivity contribution < 1.29 is 9.53 Å². The van der Waals surface area contributed by atoms with Crippen LogP contribution in [0.1, 0.15) is 42.2 Å². The molecule has 25 heavy (non-hydrogen) atoms. The fourth-order valence-corrected chi connectivity index (χ4v) is 3.00. The van der Waals surface area contributed by atoms with Crippen molar-refractivity contribution in [1.82, 2.24) is 10.3 Å². The number of carbonyl (C=O) groups is 1. The Morgan fingerprint density at radius 3 is 2.76 bits per heavy atom. The molecule has 1 aliphatic rings. The number of carbonyl (C=O) groups excluding carboxylic acids is 1. The number of ether oxygens (including phenoxy) is 1. The summed E-state index contributed by atoms with van der Waals surface area (Å²) in [6.45, 7) is 3.98. The molecular formula is C17H20Cl3N3O2. The number of amides is 1. The van der Waals surface area contributed by atoms with Gasteiger partial charge in [-0.25, -0.2) is 0 Å². The van der Waals surface area contributed by atoms with Crippen molar-refractivity contribution in [1.29, 1.82) is 0 Å². The molecule has 0 radical (unpaired) electrons. The van der Waals surface area contributed by atoms with E-state index >= 15 is 0 Å². The lowest BCUT2D eigenvalue weighted by Crippen LogP contribution is -2.41. The second-order valence-corrected chi connectivity index (χ2v) is 6.65. The maximum absolute atomic E-state index is 12.5. The molecule has 5 nitrogen and oxygen atoms in total. The van der Waals surface area contributed by atoms with Gasteiger partial charge >= 0.3 is 0 Å². The number of aromatic nitrogens is 1. The van der Waals surface area contributed by atoms with Crippen LogP contribution in [0.15, 0.2) is 36.7 Å². The highest BCUT2D eigenvalue weighted by atomic mass is 35.5. The number of nitrogens with zero attached hydrogens (tertiary/aromatic N) is 1. The van der Waals surface area contributed by atoms with E-state index < -0.39 is 0 Å². The summed E-state index contributed by atoms with van der Waals surface area (Å²) in [5.74, 6) is 0.495. The van der Waals surface area contributed by atoms with E-state index in [2.05, 4.69) is 10.3 Å². The predicted octanol–water partition coefficient (Wildman–Crippen LogP) is 4.19. The highest BCUT2D eigenvalue weighted by Gasteiger charge is 2.35. The number of rotatable bonds is 2. The summed E-state index contributed by atoms with van der Waals surface area (Å²) >= 11 is 6.05. The Bertz CT molecular complexity index is 769. The van der Waals surface area contributed by atoms with Gasteiger partial charge in [0.15, 0.2) is 0 Å². The molecule has 1 aromatic heterocycles. The number of fused-ring (bicyclic) bond motifs is 1. The van der Waals surface area contributed by atoms with Crippen LogP contribution in [0.5, 0.6) is 5.75 Å². The van der Waals surface area contributed by atoms with Crippen LogP contribution in [0.3, 0.4) is 0 Å². The molecule has 8 heteroatoms. The molecule has 1 amide bonds. The molecule has 0 saturated carbocycles. The third-order valence-corrected chi connectivity index (χ3v) is 4.11. The molecule has 0 bridgehead atoms. The minimum atomic E-state index is -0.386. The van der Waals surface area contributed by atoms with Crippen LogP contribution < -0.4 is 15.8 Å². The number of halogens is 3. The Labute approximate surface area is 164 Å². The molecule has 0 spiro atoms. The molecule has 2 aromatic rings. The molecule has 1 atom stereocenters. The van der Waals surface area contributed by atoms with Crippen LogP contribution in [0, 0.1) is 0 Å². The number of hydrogen-bond donors (Lipinski definition) is 2. The molecule has 3 rings (SSSR count). The number of nitrogen functional groups attached to an aromatic ring is 1. The molecule has 136 valence electrons. The summed E-state index contributed by atoms with van der Waals surface area (Å²) in [5, 5.41) is 3.35. The molecule has 0 saturated heterocycles. The summed E-state index contributed by atoms with van der Waals surface area (Å²) in [6.07, 6.45) is 3.63. The Morgan fingerprint density at radius 1 is 1.36 bits per heavy atom. The number of benzene rings is 1. The second-order valence-electron chi connectivity index (χ2n) is 6.24. The zero-order chi connectivity index (χ0) is 16.6. The summed E-state index contributed by atoms with van der Waals surface area (Å²) in [5.41, 5.74) is 7.40. The summed E-state index contributed by atoms with van der Waals surface area (Å²) in [4.78, 5) is 16.4. The van der Waals surface area contributed by atoms with Gasteiger partial charge in [-0.05, 0) is 38.1 Å². The number of anilines is 1. The topological polar surface area (TPSA) is 77.2 Å². The van der Waals surface area contributed by atoms with Gasteiger partial charge in [0.1, 0.15) is 11.4 Å². The van der Waals surface area contributed by atoms with E-state index in [1.165, 1.54) is 6.20 Å². The quantitative estimate of drug-likeness (QED) is 0.736. The maximum atomic E-state index is 12.5. The van der Waals surface area contributed by atoms with Crippen LogP contribution in [-0.4, -0.2) is 16.5 Å². The Balaban J connectivity index is 0.00000156. The van der Waals surface area contributed by atoms with Crippen molar-refractivity contribution in [2.75, 3.05) is 5.73 Å². The first kappa shape index (κ1) is 21.4. The van der Waals surface area contributed by atoms with Crippen molar-refractivity contribution in [3.05, 3.63) is 52.8 Å². The van der Waals surface area contributed by atoms with E-state index in [1.807, 2.05) is 26.0 Å². The lowest BCUT2D eigenvalue weighted by Gasteiger charge is -2.38. The fourth-order valence-electron chi connectivity index (χ4n) is 2.80. The minimum Gasteiger partial charge on any atom is -0.487 e. The number of hydrogen-bond acceptors (Lipinski definition) is 4. The van der Waals surface area contributed by atoms with E-state index in [1.54, 1.807) is 18.3 Å². The van der Waals surface area contributed by atoms with Gasteiger partial charge in [0.2, 0.25) is 0 Å². The minimum absolute atomic E-state index is 0. The van der Waals surface area contributed by atoms with E-state index in [-0.39, 0.29) is 42.4 Å². The molecule has 0 aliphatic carbocycles. The second kappa shape index (κ2) is 8.13. The van der Waals surface area contributed by atoms with Crippen molar-refractivity contribution in [3.63, 3.8) is 0 Å². The van der Waals surface area contributed by atoms with Crippen molar-refractivity contribution >= 4 is 48.0 Å². The van der Waals surface area contributed by atoms with Crippen molar-refractivity contribution in [2.24, 2.45) is 0 Å². The predicted molar refractivity (Wildman–Crippen MR) is 104 cm³/mol. The average Bonchev–Trinajstić information content (AvgIpc) is 2.47. The first-order valence-electron chi connectivity index (χ1n) is 7.34. The molecule has 1 aromatic carbocycles. The van der Waals surface area contributed by atoms with Gasteiger partial charge in [0, 0.05) is 30.1 Å². The van der Waals surface area contributed by atoms with Crippen LogP contribution >= 0.6 is 36.4 Å². The standard InChI is InChI=1S/C17H18ClN3O2.2ClH/c1-17(2)8-14(12-7-10(19)3-4-15(12)23-17)21-16(22)11-5-6-20-9-13(11)18;;/h3-7,9,14H,8,19H2,1-2H3,(H,21,22);2*1H. The molecule has 1 aliphatic heterocycles. The van der Waals surface area contributed by atoms with Crippen LogP contribution in [0.25, 0.3) is 0 Å². The highest BCUT2D eigenvalue weighted by Crippen LogP contribution is 2.40. The summed E-state index contributed by atoms with van der Waals surface area (Å²) < 4.78 is 5.97. The third-order valence-electron chi connectivity index (χ3n) is 3.81. The monoisotopic (exact) mass is 403 g/mol. The molecule has 1 unspecified atom stereocenters. The van der Waals surface area contributed by atoms with Crippen LogP contribution in [0.4, 0.5) is 5.69 Å². The highest BCUT2D eigenvalue weighted by molar-refractivity contribution is 6.33. The first-order chi connectivity index (χ1) is 10.9. The van der Waals surface area contributed by atoms with E-state index in [4.69, 9.17) is 22.1 Å². The summed E-state index contributed by atoms with van der Waals surface area (Å²) in [7, 11) is 0. The van der Waals surface area contributed by atoms with Gasteiger partial charge in [0.25, 0.3) is 5.91 Å². The van der Waals surface area contributed by atoms with Gasteiger partial charge in [-0.3, -0.25) is 9.78 Å². The van der Waals surface area contributed by atoms with E-state index in [9.17, 15) is 4.79 Å². The molecule has 2 heterocycles. The molecular weight excluding hydrogens is 385 g/mol. The number of nitrogens with one attached hydrogen (secondary N) is 1. The Hall–Kier alpha value is -1.69. The first-order valence-corrected chi connectivity index (χ1v) is 7.72. The number of pyridine rings is 1. The van der Waals surface area contributed by atoms with Gasteiger partial charge in [0.05, 0.1) is 16.6 Å². The Kier molecular flexibility index (Phi) is 6.94. The van der Waals surface area contributed by atoms with Gasteiger partial charge < -0.3 is 15.8 Å². The molecule has 3 N–H and O–H groups in total. The normalized spacial score (nSPS) is 17.2. The average molecular weight is 405 g/mol. The maximum Gasteiger partial charge on any atom is 0.253 e. The van der Waals surface area contributed by atoms with Gasteiger partial charge in [-0.15, -0.1) is 24.8 Å². The largest absolute Gasteiger partial charge is 0.487 e. The Morgan fingerprint density at radius 2 is 2.08 bits per heavy atom. The smallest absolute Gasteiger partial charge is 0.253 e. The zero-order valence-electron chi connectivity index (χ0n) is 13.8. The van der Waals surface area contributed by atoms with Crippen LogP contribution in [0.2, 0.25) is 5.02 Å². The number of nitrogens with two attached hydrogens (primary N) is 1. The van der Waals surface area contributed by atoms with Crippen LogP contribution in [-0.2, 0) is 0 Å². The SMILES string of the molecule is CC1(C)CC(NC(=O)c2ccncc2Cl)c2cc(N)ccc2O1.Cl.Cl. The lowest BCUT2D eigenvalue weighted by molar-refractivity contribution is 0.0620. The van der Waals surface area contributed by atoms with Gasteiger partial charge in [-0.2, -0.15) is 0 Å². The molecule has 0 fully saturated rings.